The number of rotatable bonds is 2. The van der Waals surface area contributed by atoms with Gasteiger partial charge in [-0.3, -0.25) is 0 Å². The van der Waals surface area contributed by atoms with Crippen LogP contribution in [-0.2, 0) is 11.8 Å². The van der Waals surface area contributed by atoms with Gasteiger partial charge in [0.1, 0.15) is 0 Å². The predicted octanol–water partition coefficient (Wildman–Crippen LogP) is 0.503. The second kappa shape index (κ2) is 5.36. The van der Waals surface area contributed by atoms with Crippen LogP contribution in [0.3, 0.4) is 0 Å². The number of hydrogen-bond donors (Lipinski definition) is 3. The number of carbonyl (C=O) groups excluding carboxylic acids is 1. The van der Waals surface area contributed by atoms with Gasteiger partial charge in [-0.25, -0.2) is 10.2 Å². The molecule has 2 amide bonds. The first-order chi connectivity index (χ1) is 12.9. The lowest BCUT2D eigenvalue weighted by Gasteiger charge is -2.62. The number of hydrazone groups is 1. The molecule has 0 radical (unpaired) electrons. The molecule has 1 aromatic carbocycles. The molecule has 1 saturated heterocycles. The van der Waals surface area contributed by atoms with Gasteiger partial charge in [0.2, 0.25) is 0 Å². The number of amides is 2. The van der Waals surface area contributed by atoms with Crippen LogP contribution in [0.15, 0.2) is 17.2 Å². The molecule has 144 valence electrons. The highest BCUT2D eigenvalue weighted by molar-refractivity contribution is 5.95. The molecule has 2 aliphatic heterocycles. The maximum absolute atomic E-state index is 12.0. The summed E-state index contributed by atoms with van der Waals surface area (Å²) in [7, 11) is 3.70. The second-order valence-electron chi connectivity index (χ2n) is 8.05. The van der Waals surface area contributed by atoms with Crippen LogP contribution in [0, 0.1) is 0 Å². The minimum absolute atomic E-state index is 0.0230. The number of methoxy groups -OCH3 is 1. The fourth-order valence-electron chi connectivity index (χ4n) is 5.94. The van der Waals surface area contributed by atoms with Gasteiger partial charge in [0, 0.05) is 11.6 Å². The summed E-state index contributed by atoms with van der Waals surface area (Å²) >= 11 is 0. The molecule has 27 heavy (non-hydrogen) atoms. The molecule has 0 aromatic heterocycles. The molecule has 4 atom stereocenters. The first-order valence-corrected chi connectivity index (χ1v) is 9.34. The third-order valence-electron chi connectivity index (χ3n) is 7.06. The first-order valence-electron chi connectivity index (χ1n) is 9.34. The molecular weight excluding hydrogens is 348 g/mol. The van der Waals surface area contributed by atoms with Crippen molar-refractivity contribution < 1.29 is 19.4 Å². The Morgan fingerprint density at radius 3 is 3.04 bits per heavy atom. The summed E-state index contributed by atoms with van der Waals surface area (Å²) in [5, 5.41) is 16.3. The Kier molecular flexibility index (Phi) is 3.34. The molecule has 8 heteroatoms. The normalized spacial score (nSPS) is 37.5. The molecule has 4 aliphatic rings. The summed E-state index contributed by atoms with van der Waals surface area (Å²) in [4.78, 5) is 13.4. The van der Waals surface area contributed by atoms with Gasteiger partial charge >= 0.3 is 6.03 Å². The Bertz CT molecular complexity index is 872. The number of carbonyl (C=O) groups is 1. The minimum atomic E-state index is -0.916. The third kappa shape index (κ3) is 1.89. The average molecular weight is 372 g/mol. The van der Waals surface area contributed by atoms with Crippen LogP contribution in [0.2, 0.25) is 0 Å². The second-order valence-corrected chi connectivity index (χ2v) is 8.05. The van der Waals surface area contributed by atoms with Gasteiger partial charge in [-0.05, 0) is 50.9 Å². The lowest BCUT2D eigenvalue weighted by Crippen LogP contribution is -2.76. The predicted molar refractivity (Wildman–Crippen MR) is 98.2 cm³/mol. The number of urea groups is 1. The highest BCUT2D eigenvalue weighted by atomic mass is 16.5. The van der Waals surface area contributed by atoms with Crippen LogP contribution >= 0.6 is 0 Å². The third-order valence-corrected chi connectivity index (χ3v) is 7.06. The Labute approximate surface area is 157 Å². The molecule has 1 saturated carbocycles. The van der Waals surface area contributed by atoms with Crippen LogP contribution < -0.4 is 20.6 Å². The number of nitrogens with zero attached hydrogens (tertiary/aromatic N) is 2. The van der Waals surface area contributed by atoms with Crippen LogP contribution in [-0.4, -0.2) is 60.2 Å². The van der Waals surface area contributed by atoms with E-state index < -0.39 is 23.2 Å². The molecule has 2 fully saturated rings. The summed E-state index contributed by atoms with van der Waals surface area (Å²) in [6.07, 6.45) is 2.20. The van der Waals surface area contributed by atoms with Crippen molar-refractivity contribution >= 4 is 11.7 Å². The van der Waals surface area contributed by atoms with Crippen molar-refractivity contribution in [3.05, 3.63) is 23.3 Å². The molecule has 8 nitrogen and oxygen atoms in total. The molecule has 5 rings (SSSR count). The van der Waals surface area contributed by atoms with Gasteiger partial charge in [0.25, 0.3) is 0 Å². The Morgan fingerprint density at radius 1 is 1.48 bits per heavy atom. The Hall–Kier alpha value is -2.32. The van der Waals surface area contributed by atoms with Crippen molar-refractivity contribution in [1.29, 1.82) is 0 Å². The van der Waals surface area contributed by atoms with Crippen LogP contribution in [0.25, 0.3) is 0 Å². The van der Waals surface area contributed by atoms with Crippen molar-refractivity contribution in [3.63, 3.8) is 0 Å². The summed E-state index contributed by atoms with van der Waals surface area (Å²) in [6, 6.07) is 3.33. The smallest absolute Gasteiger partial charge is 0.332 e. The van der Waals surface area contributed by atoms with Gasteiger partial charge in [-0.1, -0.05) is 6.07 Å². The Morgan fingerprint density at radius 2 is 2.30 bits per heavy atom. The number of likely N-dealkylation sites (N-methyl/N-ethyl adjacent to an activating group) is 1. The zero-order valence-corrected chi connectivity index (χ0v) is 15.5. The van der Waals surface area contributed by atoms with Crippen LogP contribution in [0.4, 0.5) is 4.79 Å². The molecule has 2 heterocycles. The van der Waals surface area contributed by atoms with Gasteiger partial charge in [0.05, 0.1) is 23.8 Å². The van der Waals surface area contributed by atoms with Crippen molar-refractivity contribution in [1.82, 2.24) is 10.3 Å². The number of aliphatic hydroxyl groups is 1. The van der Waals surface area contributed by atoms with E-state index in [2.05, 4.69) is 28.5 Å². The number of ether oxygens (including phenoxy) is 2. The van der Waals surface area contributed by atoms with Crippen LogP contribution in [0.5, 0.6) is 11.5 Å². The topological polar surface area (TPSA) is 109 Å². The number of nitrogens with one attached hydrogen (secondary N) is 1. The molecule has 2 bridgehead atoms. The largest absolute Gasteiger partial charge is 0.493 e. The van der Waals surface area contributed by atoms with E-state index in [1.165, 1.54) is 5.56 Å². The maximum atomic E-state index is 12.0. The van der Waals surface area contributed by atoms with Gasteiger partial charge in [0.15, 0.2) is 17.6 Å². The molecule has 1 aromatic rings. The van der Waals surface area contributed by atoms with E-state index >= 15 is 0 Å². The number of piperidine rings is 1. The standard InChI is InChI=1S/C19H24N4O4/c1-23-8-7-18-14-10-3-4-12(26-2)15(14)27-16(18)11(21-22-17(20)24)5-6-19(18,25)13(23)9-10/h3-4,13,16,25H,5-9H2,1-2H3,(H3,20,22,24)/t13-,16+,18+,19-/m1/s1. The number of likely N-dealkylation sites (tertiary alicyclic amines) is 1. The van der Waals surface area contributed by atoms with E-state index in [4.69, 9.17) is 15.2 Å². The van der Waals surface area contributed by atoms with Gasteiger partial charge < -0.3 is 25.2 Å². The summed E-state index contributed by atoms with van der Waals surface area (Å²) < 4.78 is 12.0. The SMILES string of the molecule is COc1ccc2c3c1O[C@H]1C(=NNC(N)=O)CC[C@@]4(O)[C@@H](C2)N(C)CC[C@]314. The zero-order chi connectivity index (χ0) is 19.0. The van der Waals surface area contributed by atoms with E-state index in [-0.39, 0.29) is 6.04 Å². The van der Waals surface area contributed by atoms with Crippen molar-refractivity contribution in [2.75, 3.05) is 20.7 Å². The summed E-state index contributed by atoms with van der Waals surface area (Å²) in [5.41, 5.74) is 9.02. The fraction of sp³-hybridized carbons (Fsp3) is 0.579. The number of nitrogens with two attached hydrogens (primary N) is 1. The molecule has 1 spiro atoms. The highest BCUT2D eigenvalue weighted by Crippen LogP contribution is 2.64. The van der Waals surface area contributed by atoms with Gasteiger partial charge in [-0.2, -0.15) is 5.10 Å². The number of hydrogen-bond acceptors (Lipinski definition) is 6. The molecule has 0 unspecified atom stereocenters. The van der Waals surface area contributed by atoms with Crippen molar-refractivity contribution in [2.24, 2.45) is 10.8 Å². The summed E-state index contributed by atoms with van der Waals surface area (Å²) in [5.74, 6) is 1.37. The zero-order valence-electron chi connectivity index (χ0n) is 15.5. The summed E-state index contributed by atoms with van der Waals surface area (Å²) in [6.45, 7) is 0.861. The number of primary amides is 1. The Balaban J connectivity index is 1.75. The average Bonchev–Trinajstić information content (AvgIpc) is 2.99. The lowest BCUT2D eigenvalue weighted by molar-refractivity contribution is -0.160. The molecule has 2 aliphatic carbocycles. The lowest BCUT2D eigenvalue weighted by atomic mass is 9.49. The number of benzene rings is 1. The van der Waals surface area contributed by atoms with E-state index in [0.717, 1.165) is 24.9 Å². The molecule has 4 N–H and O–H groups in total. The van der Waals surface area contributed by atoms with Gasteiger partial charge in [-0.15, -0.1) is 0 Å². The molecular formula is C19H24N4O4. The van der Waals surface area contributed by atoms with Crippen molar-refractivity contribution in [3.8, 4) is 11.5 Å². The monoisotopic (exact) mass is 372 g/mol. The fourth-order valence-corrected chi connectivity index (χ4v) is 5.94. The van der Waals surface area contributed by atoms with E-state index in [9.17, 15) is 9.90 Å². The maximum Gasteiger partial charge on any atom is 0.332 e. The van der Waals surface area contributed by atoms with E-state index in [1.807, 2.05) is 6.07 Å². The van der Waals surface area contributed by atoms with Crippen molar-refractivity contribution in [2.45, 2.75) is 48.8 Å². The minimum Gasteiger partial charge on any atom is -0.493 e. The quantitative estimate of drug-likeness (QED) is 0.655. The van der Waals surface area contributed by atoms with E-state index in [0.29, 0.717) is 30.1 Å². The first kappa shape index (κ1) is 16.8. The van der Waals surface area contributed by atoms with Crippen LogP contribution in [0.1, 0.15) is 30.4 Å². The van der Waals surface area contributed by atoms with E-state index in [1.54, 1.807) is 7.11 Å². The highest BCUT2D eigenvalue weighted by Gasteiger charge is 2.72.